The van der Waals surface area contributed by atoms with Crippen LogP contribution in [0.2, 0.25) is 0 Å². The Bertz CT molecular complexity index is 927. The molecule has 2 aromatic carbocycles. The van der Waals surface area contributed by atoms with Gasteiger partial charge in [0.05, 0.1) is 19.3 Å². The van der Waals surface area contributed by atoms with Gasteiger partial charge < -0.3 is 14.4 Å². The molecule has 0 aromatic heterocycles. The largest absolute Gasteiger partial charge is 0.495 e. The Kier molecular flexibility index (Phi) is 5.15. The van der Waals surface area contributed by atoms with Gasteiger partial charge in [0.15, 0.2) is 0 Å². The van der Waals surface area contributed by atoms with Gasteiger partial charge in [0.1, 0.15) is 23.0 Å². The van der Waals surface area contributed by atoms with Crippen molar-refractivity contribution in [3.8, 4) is 11.5 Å². The molecule has 0 bridgehead atoms. The molecule has 1 aliphatic rings. The second kappa shape index (κ2) is 7.35. The molecule has 2 aromatic rings. The van der Waals surface area contributed by atoms with E-state index in [2.05, 4.69) is 4.72 Å². The summed E-state index contributed by atoms with van der Waals surface area (Å²) in [5, 5.41) is 0. The lowest BCUT2D eigenvalue weighted by atomic mass is 10.1. The fourth-order valence-corrected chi connectivity index (χ4v) is 4.06. The van der Waals surface area contributed by atoms with Gasteiger partial charge in [-0.25, -0.2) is 13.1 Å². The van der Waals surface area contributed by atoms with E-state index in [1.54, 1.807) is 30.0 Å². The lowest BCUT2D eigenvalue weighted by molar-refractivity contribution is 0.0976. The molecular formula is C18H20N2O5S. The zero-order valence-corrected chi connectivity index (χ0v) is 15.4. The zero-order valence-electron chi connectivity index (χ0n) is 14.6. The Morgan fingerprint density at radius 1 is 1.27 bits per heavy atom. The number of benzene rings is 2. The van der Waals surface area contributed by atoms with Crippen molar-refractivity contribution in [2.45, 2.75) is 11.8 Å². The molecule has 8 heteroatoms. The van der Waals surface area contributed by atoms with Crippen LogP contribution in [0.1, 0.15) is 17.3 Å². The molecule has 0 atom stereocenters. The summed E-state index contributed by atoms with van der Waals surface area (Å²) in [4.78, 5) is 14.5. The highest BCUT2D eigenvalue weighted by atomic mass is 32.2. The molecule has 138 valence electrons. The Hall–Kier alpha value is -2.58. The molecular weight excluding hydrogens is 356 g/mol. The van der Waals surface area contributed by atoms with E-state index in [-0.39, 0.29) is 28.7 Å². The third-order valence-corrected chi connectivity index (χ3v) is 5.57. The number of nitrogens with one attached hydrogen (secondary N) is 1. The highest BCUT2D eigenvalue weighted by Gasteiger charge is 2.27. The summed E-state index contributed by atoms with van der Waals surface area (Å²) in [5.74, 6) is 0.516. The quantitative estimate of drug-likeness (QED) is 0.863. The summed E-state index contributed by atoms with van der Waals surface area (Å²) in [7, 11) is -2.38. The van der Waals surface area contributed by atoms with Crippen LogP contribution in [0.5, 0.6) is 11.5 Å². The summed E-state index contributed by atoms with van der Waals surface area (Å²) >= 11 is 0. The van der Waals surface area contributed by atoms with Gasteiger partial charge in [0, 0.05) is 12.1 Å². The molecule has 0 fully saturated rings. The fraction of sp³-hybridized carbons (Fsp3) is 0.278. The van der Waals surface area contributed by atoms with Crippen molar-refractivity contribution in [1.29, 1.82) is 0 Å². The molecule has 0 aliphatic carbocycles. The Morgan fingerprint density at radius 3 is 2.77 bits per heavy atom. The van der Waals surface area contributed by atoms with Gasteiger partial charge in [0.2, 0.25) is 10.0 Å². The molecule has 1 N–H and O–H groups in total. The van der Waals surface area contributed by atoms with Crippen LogP contribution in [0, 0.1) is 0 Å². The normalized spacial score (nSPS) is 13.7. The first-order chi connectivity index (χ1) is 12.5. The molecule has 0 saturated heterocycles. The van der Waals surface area contributed by atoms with Crippen molar-refractivity contribution in [2.24, 2.45) is 0 Å². The second-order valence-electron chi connectivity index (χ2n) is 5.64. The number of hydrogen-bond acceptors (Lipinski definition) is 5. The fourth-order valence-electron chi connectivity index (χ4n) is 2.82. The third-order valence-electron chi connectivity index (χ3n) is 4.01. The molecule has 1 heterocycles. The van der Waals surface area contributed by atoms with Gasteiger partial charge >= 0.3 is 0 Å². The highest BCUT2D eigenvalue weighted by molar-refractivity contribution is 7.89. The first-order valence-electron chi connectivity index (χ1n) is 8.19. The summed E-state index contributed by atoms with van der Waals surface area (Å²) < 4.78 is 38.0. The van der Waals surface area contributed by atoms with E-state index in [9.17, 15) is 13.2 Å². The minimum absolute atomic E-state index is 0.0609. The topological polar surface area (TPSA) is 84.9 Å². The lowest BCUT2D eigenvalue weighted by Crippen LogP contribution is -2.38. The molecule has 0 unspecified atom stereocenters. The number of sulfonamides is 1. The number of fused-ring (bicyclic) bond motifs is 1. The first kappa shape index (κ1) is 18.2. The third kappa shape index (κ3) is 3.38. The van der Waals surface area contributed by atoms with Crippen molar-refractivity contribution in [3.05, 3.63) is 48.0 Å². The van der Waals surface area contributed by atoms with Crippen molar-refractivity contribution in [2.75, 3.05) is 31.7 Å². The number of hydrogen-bond donors (Lipinski definition) is 1. The van der Waals surface area contributed by atoms with Crippen LogP contribution < -0.4 is 19.1 Å². The van der Waals surface area contributed by atoms with E-state index in [1.165, 1.54) is 19.2 Å². The van der Waals surface area contributed by atoms with Gasteiger partial charge in [-0.3, -0.25) is 4.79 Å². The number of ether oxygens (including phenoxy) is 2. The number of rotatable bonds is 5. The minimum Gasteiger partial charge on any atom is -0.495 e. The van der Waals surface area contributed by atoms with E-state index in [4.69, 9.17) is 9.47 Å². The zero-order chi connectivity index (χ0) is 18.7. The van der Waals surface area contributed by atoms with Crippen LogP contribution in [-0.2, 0) is 10.0 Å². The molecule has 7 nitrogen and oxygen atoms in total. The van der Waals surface area contributed by atoms with Gasteiger partial charge in [-0.05, 0) is 30.3 Å². The summed E-state index contributed by atoms with van der Waals surface area (Å²) in [6.45, 7) is 2.68. The van der Waals surface area contributed by atoms with Crippen LogP contribution in [0.3, 0.4) is 0 Å². The lowest BCUT2D eigenvalue weighted by Gasteiger charge is -2.29. The molecule has 0 saturated carbocycles. The molecule has 1 amide bonds. The minimum atomic E-state index is -3.77. The maximum Gasteiger partial charge on any atom is 0.258 e. The average Bonchev–Trinajstić information content (AvgIpc) is 2.66. The Balaban J connectivity index is 2.02. The van der Waals surface area contributed by atoms with Crippen LogP contribution in [0.15, 0.2) is 47.4 Å². The van der Waals surface area contributed by atoms with Crippen LogP contribution in [0.4, 0.5) is 5.69 Å². The summed E-state index contributed by atoms with van der Waals surface area (Å²) in [5.41, 5.74) is 0.926. The Morgan fingerprint density at radius 2 is 2.04 bits per heavy atom. The molecule has 3 rings (SSSR count). The number of para-hydroxylation sites is 2. The maximum absolute atomic E-state index is 13.0. The average molecular weight is 376 g/mol. The van der Waals surface area contributed by atoms with E-state index in [1.807, 2.05) is 12.1 Å². The highest BCUT2D eigenvalue weighted by Crippen LogP contribution is 2.33. The number of methoxy groups -OCH3 is 1. The summed E-state index contributed by atoms with van der Waals surface area (Å²) in [6, 6.07) is 11.6. The van der Waals surface area contributed by atoms with Gasteiger partial charge in [-0.15, -0.1) is 0 Å². The smallest absolute Gasteiger partial charge is 0.258 e. The predicted octanol–water partition coefficient (Wildman–Crippen LogP) is 2.03. The van der Waals surface area contributed by atoms with Crippen molar-refractivity contribution in [3.63, 3.8) is 0 Å². The molecule has 26 heavy (non-hydrogen) atoms. The summed E-state index contributed by atoms with van der Waals surface area (Å²) in [6.07, 6.45) is 0. The SMILES string of the molecule is CCNS(=O)(=O)c1cc(C(=O)N2CCOc3ccccc32)ccc1OC. The van der Waals surface area contributed by atoms with Gasteiger partial charge in [-0.2, -0.15) is 0 Å². The predicted molar refractivity (Wildman–Crippen MR) is 97.5 cm³/mol. The van der Waals surface area contributed by atoms with Crippen LogP contribution in [0.25, 0.3) is 0 Å². The van der Waals surface area contributed by atoms with Gasteiger partial charge in [-0.1, -0.05) is 19.1 Å². The van der Waals surface area contributed by atoms with Crippen LogP contribution >= 0.6 is 0 Å². The number of anilines is 1. The standard InChI is InChI=1S/C18H20N2O5S/c1-3-19-26(22,23)17-12-13(8-9-16(17)24-2)18(21)20-10-11-25-15-7-5-4-6-14(15)20/h4-9,12,19H,3,10-11H2,1-2H3. The molecule has 0 radical (unpaired) electrons. The first-order valence-corrected chi connectivity index (χ1v) is 9.67. The number of carbonyl (C=O) groups excluding carboxylic acids is 1. The van der Waals surface area contributed by atoms with E-state index in [0.29, 0.717) is 24.6 Å². The number of carbonyl (C=O) groups is 1. The van der Waals surface area contributed by atoms with Crippen molar-refractivity contribution < 1.29 is 22.7 Å². The molecule has 0 spiro atoms. The Labute approximate surface area is 152 Å². The molecule has 1 aliphatic heterocycles. The van der Waals surface area contributed by atoms with E-state index < -0.39 is 10.0 Å². The van der Waals surface area contributed by atoms with Crippen LogP contribution in [-0.4, -0.2) is 41.1 Å². The van der Waals surface area contributed by atoms with E-state index in [0.717, 1.165) is 0 Å². The van der Waals surface area contributed by atoms with Gasteiger partial charge in [0.25, 0.3) is 5.91 Å². The second-order valence-corrected chi connectivity index (χ2v) is 7.38. The monoisotopic (exact) mass is 376 g/mol. The van der Waals surface area contributed by atoms with Crippen molar-refractivity contribution >= 4 is 21.6 Å². The van der Waals surface area contributed by atoms with E-state index >= 15 is 0 Å². The maximum atomic E-state index is 13.0. The number of nitrogens with zero attached hydrogens (tertiary/aromatic N) is 1. The number of amides is 1. The van der Waals surface area contributed by atoms with Crippen molar-refractivity contribution in [1.82, 2.24) is 4.72 Å².